The lowest BCUT2D eigenvalue weighted by Crippen LogP contribution is -2.49. The van der Waals surface area contributed by atoms with Gasteiger partial charge in [-0.2, -0.15) is 5.10 Å². The van der Waals surface area contributed by atoms with Gasteiger partial charge in [-0.15, -0.1) is 0 Å². The molecule has 0 bridgehead atoms. The van der Waals surface area contributed by atoms with Crippen LogP contribution >= 0.6 is 23.2 Å². The van der Waals surface area contributed by atoms with Gasteiger partial charge in [0.05, 0.1) is 36.2 Å². The van der Waals surface area contributed by atoms with Gasteiger partial charge in [0.1, 0.15) is 11.4 Å². The molecule has 1 unspecified atom stereocenters. The summed E-state index contributed by atoms with van der Waals surface area (Å²) in [6.07, 6.45) is 1.20. The van der Waals surface area contributed by atoms with Gasteiger partial charge in [0.2, 0.25) is 5.88 Å². The highest BCUT2D eigenvalue weighted by Crippen LogP contribution is 2.35. The van der Waals surface area contributed by atoms with Crippen molar-refractivity contribution in [2.75, 3.05) is 45.3 Å². The number of nitrogens with zero attached hydrogens (tertiary/aromatic N) is 5. The van der Waals surface area contributed by atoms with Gasteiger partial charge < -0.3 is 14.4 Å². The lowest BCUT2D eigenvalue weighted by atomic mass is 10.2. The fraction of sp³-hybridized carbons (Fsp3) is 0.348. The Morgan fingerprint density at radius 3 is 2.50 bits per heavy atom. The SMILES string of the molecule is COc1cc(-c2nn(C(C=O)N3CCN(c4ccc(Cl)c(OC)c4)CC3)c(C)c2Cl)c(F)cn1. The minimum Gasteiger partial charge on any atom is -0.495 e. The Hall–Kier alpha value is -2.88. The molecule has 4 rings (SSSR count). The van der Waals surface area contributed by atoms with E-state index in [1.54, 1.807) is 20.1 Å². The van der Waals surface area contributed by atoms with Crippen molar-refractivity contribution in [1.29, 1.82) is 0 Å². The highest BCUT2D eigenvalue weighted by atomic mass is 35.5. The molecule has 1 saturated heterocycles. The molecule has 0 saturated carbocycles. The Labute approximate surface area is 206 Å². The summed E-state index contributed by atoms with van der Waals surface area (Å²) in [6, 6.07) is 7.08. The van der Waals surface area contributed by atoms with E-state index in [4.69, 9.17) is 32.7 Å². The van der Waals surface area contributed by atoms with Gasteiger partial charge in [-0.1, -0.05) is 23.2 Å². The van der Waals surface area contributed by atoms with Crippen molar-refractivity contribution in [2.45, 2.75) is 13.1 Å². The van der Waals surface area contributed by atoms with Gasteiger partial charge in [0.15, 0.2) is 18.3 Å². The van der Waals surface area contributed by atoms with Gasteiger partial charge in [-0.3, -0.25) is 9.69 Å². The van der Waals surface area contributed by atoms with Crippen LogP contribution in [0.2, 0.25) is 10.0 Å². The molecule has 1 atom stereocenters. The molecular formula is C23H24Cl2FN5O3. The first-order valence-electron chi connectivity index (χ1n) is 10.6. The molecule has 0 amide bonds. The van der Waals surface area contributed by atoms with E-state index in [1.807, 2.05) is 17.0 Å². The van der Waals surface area contributed by atoms with Crippen LogP contribution < -0.4 is 14.4 Å². The largest absolute Gasteiger partial charge is 0.495 e. The molecule has 0 N–H and O–H groups in total. The molecule has 3 heterocycles. The maximum atomic E-state index is 14.5. The molecule has 11 heteroatoms. The van der Waals surface area contributed by atoms with Crippen molar-refractivity contribution < 1.29 is 18.7 Å². The standard InChI is InChI=1S/C23H24Cl2FN5O3/c1-14-22(25)23(16-11-20(34-3)27-12-18(16)26)28-31(14)21(13-32)30-8-6-29(7-9-30)15-4-5-17(24)19(10-15)33-2/h4-5,10-13,21H,6-9H2,1-3H3. The zero-order chi connectivity index (χ0) is 24.4. The minimum atomic E-state index is -0.681. The van der Waals surface area contributed by atoms with Crippen LogP contribution in [0.15, 0.2) is 30.5 Å². The van der Waals surface area contributed by atoms with Gasteiger partial charge >= 0.3 is 0 Å². The Bertz CT molecular complexity index is 1200. The third-order valence-electron chi connectivity index (χ3n) is 5.93. The van der Waals surface area contributed by atoms with Crippen LogP contribution in [-0.4, -0.2) is 66.3 Å². The lowest BCUT2D eigenvalue weighted by Gasteiger charge is -2.38. The number of carbonyl (C=O) groups excluding carboxylic acids is 1. The quantitative estimate of drug-likeness (QED) is 0.443. The molecule has 3 aromatic rings. The summed E-state index contributed by atoms with van der Waals surface area (Å²) < 4.78 is 26.5. The second kappa shape index (κ2) is 10.2. The Balaban J connectivity index is 1.56. The number of methoxy groups -OCH3 is 2. The van der Waals surface area contributed by atoms with E-state index in [9.17, 15) is 9.18 Å². The van der Waals surface area contributed by atoms with Crippen molar-refractivity contribution in [1.82, 2.24) is 19.7 Å². The smallest absolute Gasteiger partial charge is 0.213 e. The lowest BCUT2D eigenvalue weighted by molar-refractivity contribution is -0.116. The molecule has 180 valence electrons. The maximum Gasteiger partial charge on any atom is 0.213 e. The summed E-state index contributed by atoms with van der Waals surface area (Å²) >= 11 is 12.7. The summed E-state index contributed by atoms with van der Waals surface area (Å²) in [5, 5.41) is 5.34. The van der Waals surface area contributed by atoms with E-state index < -0.39 is 12.0 Å². The van der Waals surface area contributed by atoms with Crippen molar-refractivity contribution in [3.63, 3.8) is 0 Å². The summed E-state index contributed by atoms with van der Waals surface area (Å²) in [5.74, 6) is 0.269. The molecule has 1 aromatic carbocycles. The van der Waals surface area contributed by atoms with Crippen LogP contribution in [0.5, 0.6) is 11.6 Å². The van der Waals surface area contributed by atoms with E-state index in [2.05, 4.69) is 15.0 Å². The van der Waals surface area contributed by atoms with Crippen LogP contribution in [-0.2, 0) is 4.79 Å². The summed E-state index contributed by atoms with van der Waals surface area (Å²) in [6.45, 7) is 4.34. The first-order chi connectivity index (χ1) is 16.4. The number of benzene rings is 1. The minimum absolute atomic E-state index is 0.157. The number of ether oxygens (including phenoxy) is 2. The van der Waals surface area contributed by atoms with E-state index in [1.165, 1.54) is 17.9 Å². The Morgan fingerprint density at radius 1 is 1.12 bits per heavy atom. The van der Waals surface area contributed by atoms with Crippen molar-refractivity contribution >= 4 is 35.2 Å². The molecule has 0 radical (unpaired) electrons. The predicted octanol–water partition coefficient (Wildman–Crippen LogP) is 4.24. The second-order valence-electron chi connectivity index (χ2n) is 7.79. The number of hydrogen-bond acceptors (Lipinski definition) is 7. The number of rotatable bonds is 7. The second-order valence-corrected chi connectivity index (χ2v) is 8.58. The van der Waals surface area contributed by atoms with Crippen molar-refractivity contribution in [3.8, 4) is 22.9 Å². The summed E-state index contributed by atoms with van der Waals surface area (Å²) in [5.41, 5.74) is 1.95. The van der Waals surface area contributed by atoms with E-state index >= 15 is 0 Å². The zero-order valence-electron chi connectivity index (χ0n) is 19.0. The topological polar surface area (TPSA) is 72.7 Å². The first-order valence-corrected chi connectivity index (χ1v) is 11.4. The Kier molecular flexibility index (Phi) is 7.25. The third-order valence-corrected chi connectivity index (χ3v) is 6.70. The van der Waals surface area contributed by atoms with Crippen molar-refractivity contribution in [3.05, 3.63) is 52.0 Å². The predicted molar refractivity (Wildman–Crippen MR) is 129 cm³/mol. The highest BCUT2D eigenvalue weighted by Gasteiger charge is 2.29. The van der Waals surface area contributed by atoms with E-state index in [-0.39, 0.29) is 22.2 Å². The van der Waals surface area contributed by atoms with Crippen LogP contribution in [0.4, 0.5) is 10.1 Å². The monoisotopic (exact) mass is 507 g/mol. The number of carbonyl (C=O) groups is 1. The van der Waals surface area contributed by atoms with Crippen LogP contribution in [0.3, 0.4) is 0 Å². The fourth-order valence-corrected chi connectivity index (χ4v) is 4.45. The normalized spacial score (nSPS) is 15.3. The summed E-state index contributed by atoms with van der Waals surface area (Å²) in [7, 11) is 3.02. The molecular weight excluding hydrogens is 484 g/mol. The number of aromatic nitrogens is 3. The summed E-state index contributed by atoms with van der Waals surface area (Å²) in [4.78, 5) is 20.2. The Morgan fingerprint density at radius 2 is 1.85 bits per heavy atom. The number of anilines is 1. The average molecular weight is 508 g/mol. The number of hydrogen-bond donors (Lipinski definition) is 0. The molecule has 8 nitrogen and oxygen atoms in total. The molecule has 2 aromatic heterocycles. The molecule has 34 heavy (non-hydrogen) atoms. The molecule has 0 aliphatic carbocycles. The van der Waals surface area contributed by atoms with Gasteiger partial charge in [0, 0.05) is 49.6 Å². The van der Waals surface area contributed by atoms with Crippen LogP contribution in [0.1, 0.15) is 11.9 Å². The number of pyridine rings is 1. The van der Waals surface area contributed by atoms with Crippen LogP contribution in [0.25, 0.3) is 11.3 Å². The maximum absolute atomic E-state index is 14.5. The van der Waals surface area contributed by atoms with Gasteiger partial charge in [-0.25, -0.2) is 14.1 Å². The first kappa shape index (κ1) is 24.3. The molecule has 0 spiro atoms. The van der Waals surface area contributed by atoms with E-state index in [0.29, 0.717) is 42.6 Å². The molecule has 1 fully saturated rings. The number of halogens is 3. The zero-order valence-corrected chi connectivity index (χ0v) is 20.5. The number of aldehydes is 1. The molecule has 1 aliphatic heterocycles. The molecule has 1 aliphatic rings. The van der Waals surface area contributed by atoms with Crippen molar-refractivity contribution in [2.24, 2.45) is 0 Å². The van der Waals surface area contributed by atoms with Gasteiger partial charge in [0.25, 0.3) is 0 Å². The number of piperazine rings is 1. The van der Waals surface area contributed by atoms with Gasteiger partial charge in [-0.05, 0) is 19.1 Å². The average Bonchev–Trinajstić information content (AvgIpc) is 3.15. The van der Waals surface area contributed by atoms with Crippen LogP contribution in [0, 0.1) is 12.7 Å². The fourth-order valence-electron chi connectivity index (χ4n) is 4.03. The third kappa shape index (κ3) is 4.55. The highest BCUT2D eigenvalue weighted by molar-refractivity contribution is 6.33. The van der Waals surface area contributed by atoms with E-state index in [0.717, 1.165) is 18.2 Å².